The first-order valence-corrected chi connectivity index (χ1v) is 5.89. The van der Waals surface area contributed by atoms with Gasteiger partial charge in [0.15, 0.2) is 0 Å². The third-order valence-corrected chi connectivity index (χ3v) is 2.51. The average Bonchev–Trinajstić information content (AvgIpc) is 2.76. The van der Waals surface area contributed by atoms with Gasteiger partial charge < -0.3 is 10.0 Å². The highest BCUT2D eigenvalue weighted by Gasteiger charge is 2.22. The third-order valence-electron chi connectivity index (χ3n) is 2.51. The molecule has 7 nitrogen and oxygen atoms in total. The van der Waals surface area contributed by atoms with Gasteiger partial charge in [-0.1, -0.05) is 6.92 Å². The number of carbonyl (C=O) groups excluding carboxylic acids is 1. The van der Waals surface area contributed by atoms with Gasteiger partial charge in [-0.25, -0.2) is 4.98 Å². The van der Waals surface area contributed by atoms with E-state index in [0.29, 0.717) is 12.2 Å². The van der Waals surface area contributed by atoms with Crippen molar-refractivity contribution in [3.05, 3.63) is 11.6 Å². The first-order valence-electron chi connectivity index (χ1n) is 5.89. The maximum absolute atomic E-state index is 12.1. The lowest BCUT2D eigenvalue weighted by molar-refractivity contribution is -0.137. The number of hydrogen-bond acceptors (Lipinski definition) is 4. The van der Waals surface area contributed by atoms with E-state index in [1.807, 2.05) is 20.8 Å². The van der Waals surface area contributed by atoms with Crippen LogP contribution in [0.1, 0.15) is 43.6 Å². The second kappa shape index (κ2) is 6.13. The highest BCUT2D eigenvalue weighted by Crippen LogP contribution is 2.06. The second-order valence-electron chi connectivity index (χ2n) is 4.20. The Kier molecular flexibility index (Phi) is 4.82. The maximum Gasteiger partial charge on any atom is 0.305 e. The summed E-state index contributed by atoms with van der Waals surface area (Å²) >= 11 is 0. The smallest absolute Gasteiger partial charge is 0.305 e. The molecule has 0 unspecified atom stereocenters. The van der Waals surface area contributed by atoms with Crippen LogP contribution in [0.4, 0.5) is 0 Å². The molecule has 7 heteroatoms. The summed E-state index contributed by atoms with van der Waals surface area (Å²) in [6.45, 7) is 5.71. The van der Waals surface area contributed by atoms with Crippen LogP contribution in [0.15, 0.2) is 0 Å². The predicted octanol–water partition coefficient (Wildman–Crippen LogP) is 0.692. The molecule has 0 aliphatic rings. The number of rotatable bonds is 6. The molecule has 0 spiro atoms. The first-order chi connectivity index (χ1) is 8.45. The van der Waals surface area contributed by atoms with Gasteiger partial charge in [0.2, 0.25) is 5.82 Å². The zero-order valence-electron chi connectivity index (χ0n) is 10.8. The van der Waals surface area contributed by atoms with Crippen molar-refractivity contribution in [3.8, 4) is 0 Å². The SMILES string of the molecule is CCc1nc(C(=O)N(CCC(=O)O)C(C)C)n[nH]1. The summed E-state index contributed by atoms with van der Waals surface area (Å²) in [4.78, 5) is 28.2. The lowest BCUT2D eigenvalue weighted by atomic mass is 10.2. The number of nitrogens with zero attached hydrogens (tertiary/aromatic N) is 3. The van der Waals surface area contributed by atoms with Crippen molar-refractivity contribution in [2.75, 3.05) is 6.54 Å². The molecule has 1 aromatic heterocycles. The maximum atomic E-state index is 12.1. The number of carboxylic acid groups (broad SMARTS) is 1. The zero-order chi connectivity index (χ0) is 13.7. The van der Waals surface area contributed by atoms with Crippen LogP contribution in [0.3, 0.4) is 0 Å². The summed E-state index contributed by atoms with van der Waals surface area (Å²) in [7, 11) is 0. The van der Waals surface area contributed by atoms with Crippen LogP contribution >= 0.6 is 0 Å². The molecule has 0 fully saturated rings. The summed E-state index contributed by atoms with van der Waals surface area (Å²) in [6, 6.07) is -0.0968. The fourth-order valence-electron chi connectivity index (χ4n) is 1.49. The van der Waals surface area contributed by atoms with Crippen LogP contribution in [0.2, 0.25) is 0 Å². The van der Waals surface area contributed by atoms with E-state index in [2.05, 4.69) is 15.2 Å². The van der Waals surface area contributed by atoms with Crippen LogP contribution in [0.25, 0.3) is 0 Å². The van der Waals surface area contributed by atoms with E-state index in [-0.39, 0.29) is 30.7 Å². The van der Waals surface area contributed by atoms with Crippen molar-refractivity contribution in [2.45, 2.75) is 39.7 Å². The molecule has 0 atom stereocenters. The fraction of sp³-hybridized carbons (Fsp3) is 0.636. The summed E-state index contributed by atoms with van der Waals surface area (Å²) in [6.07, 6.45) is 0.575. The molecule has 0 saturated heterocycles. The highest BCUT2D eigenvalue weighted by atomic mass is 16.4. The number of aryl methyl sites for hydroxylation is 1. The van der Waals surface area contributed by atoms with Gasteiger partial charge in [0.25, 0.3) is 5.91 Å². The number of carbonyl (C=O) groups is 2. The number of hydrogen-bond donors (Lipinski definition) is 2. The van der Waals surface area contributed by atoms with Crippen molar-refractivity contribution < 1.29 is 14.7 Å². The van der Waals surface area contributed by atoms with Crippen molar-refractivity contribution in [1.29, 1.82) is 0 Å². The Morgan fingerprint density at radius 3 is 2.56 bits per heavy atom. The van der Waals surface area contributed by atoms with Gasteiger partial charge in [-0.05, 0) is 13.8 Å². The van der Waals surface area contributed by atoms with Crippen LogP contribution in [-0.2, 0) is 11.2 Å². The van der Waals surface area contributed by atoms with E-state index in [1.165, 1.54) is 4.90 Å². The molecule has 1 aromatic rings. The van der Waals surface area contributed by atoms with Gasteiger partial charge in [-0.15, -0.1) is 5.10 Å². The highest BCUT2D eigenvalue weighted by molar-refractivity contribution is 5.90. The summed E-state index contributed by atoms with van der Waals surface area (Å²) in [5.41, 5.74) is 0. The Morgan fingerprint density at radius 1 is 1.44 bits per heavy atom. The molecule has 2 N–H and O–H groups in total. The fourth-order valence-corrected chi connectivity index (χ4v) is 1.49. The number of nitrogens with one attached hydrogen (secondary N) is 1. The molecule has 100 valence electrons. The van der Waals surface area contributed by atoms with E-state index < -0.39 is 5.97 Å². The van der Waals surface area contributed by atoms with E-state index in [1.54, 1.807) is 0 Å². The topological polar surface area (TPSA) is 99.2 Å². The third kappa shape index (κ3) is 3.54. The Labute approximate surface area is 105 Å². The lowest BCUT2D eigenvalue weighted by Crippen LogP contribution is -2.39. The Balaban J connectivity index is 2.78. The summed E-state index contributed by atoms with van der Waals surface area (Å²) in [5, 5.41) is 15.2. The molecule has 18 heavy (non-hydrogen) atoms. The molecule has 1 rings (SSSR count). The monoisotopic (exact) mass is 254 g/mol. The van der Waals surface area contributed by atoms with Crippen LogP contribution in [0, 0.1) is 0 Å². The second-order valence-corrected chi connectivity index (χ2v) is 4.20. The minimum absolute atomic E-state index is 0.0883. The molecular weight excluding hydrogens is 236 g/mol. The van der Waals surface area contributed by atoms with E-state index in [0.717, 1.165) is 0 Å². The van der Waals surface area contributed by atoms with Gasteiger partial charge in [0.05, 0.1) is 6.42 Å². The predicted molar refractivity (Wildman–Crippen MR) is 64.2 cm³/mol. The van der Waals surface area contributed by atoms with E-state index >= 15 is 0 Å². The number of aliphatic carboxylic acids is 1. The Bertz CT molecular complexity index is 428. The van der Waals surface area contributed by atoms with Crippen LogP contribution < -0.4 is 0 Å². The van der Waals surface area contributed by atoms with Crippen LogP contribution in [0.5, 0.6) is 0 Å². The van der Waals surface area contributed by atoms with Crippen molar-refractivity contribution in [3.63, 3.8) is 0 Å². The largest absolute Gasteiger partial charge is 0.481 e. The number of carboxylic acids is 1. The normalized spacial score (nSPS) is 10.7. The zero-order valence-corrected chi connectivity index (χ0v) is 10.8. The molecule has 0 aliphatic carbocycles. The summed E-state index contributed by atoms with van der Waals surface area (Å²) < 4.78 is 0. The van der Waals surface area contributed by atoms with Crippen molar-refractivity contribution in [2.24, 2.45) is 0 Å². The number of amides is 1. The first kappa shape index (κ1) is 14.1. The number of H-pyrrole nitrogens is 1. The number of aromatic nitrogens is 3. The lowest BCUT2D eigenvalue weighted by Gasteiger charge is -2.24. The molecule has 1 amide bonds. The molecule has 1 heterocycles. The minimum atomic E-state index is -0.933. The van der Waals surface area contributed by atoms with E-state index in [9.17, 15) is 9.59 Å². The standard InChI is InChI=1S/C11H18N4O3/c1-4-8-12-10(14-13-8)11(18)15(7(2)3)6-5-9(16)17/h7H,4-6H2,1-3H3,(H,16,17)(H,12,13,14). The van der Waals surface area contributed by atoms with Gasteiger partial charge in [-0.2, -0.15) is 0 Å². The van der Waals surface area contributed by atoms with Gasteiger partial charge in [-0.3, -0.25) is 14.7 Å². The van der Waals surface area contributed by atoms with Gasteiger partial charge >= 0.3 is 5.97 Å². The van der Waals surface area contributed by atoms with Crippen molar-refractivity contribution in [1.82, 2.24) is 20.1 Å². The molecule has 0 saturated carbocycles. The molecule has 0 aromatic carbocycles. The molecule has 0 bridgehead atoms. The number of aromatic amines is 1. The Morgan fingerprint density at radius 2 is 2.11 bits per heavy atom. The molecule has 0 aliphatic heterocycles. The van der Waals surface area contributed by atoms with Gasteiger partial charge in [0, 0.05) is 19.0 Å². The Hall–Kier alpha value is -1.92. The summed E-state index contributed by atoms with van der Waals surface area (Å²) in [5.74, 6) is -0.550. The van der Waals surface area contributed by atoms with Gasteiger partial charge in [0.1, 0.15) is 5.82 Å². The van der Waals surface area contributed by atoms with Crippen LogP contribution in [-0.4, -0.2) is 49.7 Å². The van der Waals surface area contributed by atoms with E-state index in [4.69, 9.17) is 5.11 Å². The molecule has 0 radical (unpaired) electrons. The minimum Gasteiger partial charge on any atom is -0.481 e. The van der Waals surface area contributed by atoms with Crippen molar-refractivity contribution >= 4 is 11.9 Å². The average molecular weight is 254 g/mol. The molecular formula is C11H18N4O3. The quantitative estimate of drug-likeness (QED) is 0.778.